The van der Waals surface area contributed by atoms with Crippen LogP contribution in [0.2, 0.25) is 0 Å². The number of nitro groups is 1. The van der Waals surface area contributed by atoms with Gasteiger partial charge < -0.3 is 5.32 Å². The number of hydrogen-bond acceptors (Lipinski definition) is 3. The molecule has 22 heavy (non-hydrogen) atoms. The van der Waals surface area contributed by atoms with Crippen LogP contribution in [0.3, 0.4) is 0 Å². The molecular formula is C16H11BrN2O3. The fraction of sp³-hybridized carbons (Fsp3) is 0.188. The molecule has 2 aromatic rings. The van der Waals surface area contributed by atoms with Gasteiger partial charge in [-0.2, -0.15) is 0 Å². The Hall–Kier alpha value is -2.21. The molecule has 1 heterocycles. The lowest BCUT2D eigenvalue weighted by Gasteiger charge is -2.07. The maximum Gasteiger partial charge on any atom is 0.243 e. The fourth-order valence-corrected chi connectivity index (χ4v) is 4.23. The van der Waals surface area contributed by atoms with Gasteiger partial charge in [0.15, 0.2) is 5.41 Å². The van der Waals surface area contributed by atoms with E-state index in [0.29, 0.717) is 5.69 Å². The van der Waals surface area contributed by atoms with Gasteiger partial charge in [-0.25, -0.2) is 0 Å². The molecule has 0 aromatic heterocycles. The summed E-state index contributed by atoms with van der Waals surface area (Å²) in [5.74, 6) is -0.738. The molecule has 2 aliphatic rings. The van der Waals surface area contributed by atoms with Crippen molar-refractivity contribution in [2.24, 2.45) is 0 Å². The van der Waals surface area contributed by atoms with Crippen LogP contribution in [0, 0.1) is 10.1 Å². The summed E-state index contributed by atoms with van der Waals surface area (Å²) >= 11 is 3.45. The largest absolute Gasteiger partial charge is 0.325 e. The molecule has 4 rings (SSSR count). The summed E-state index contributed by atoms with van der Waals surface area (Å²) in [6.07, 6.45) is 0. The van der Waals surface area contributed by atoms with Crippen LogP contribution in [0.15, 0.2) is 53.0 Å². The van der Waals surface area contributed by atoms with Crippen molar-refractivity contribution in [3.8, 4) is 0 Å². The number of carbonyl (C=O) groups is 1. The Kier molecular flexibility index (Phi) is 2.69. The Morgan fingerprint density at radius 1 is 1.14 bits per heavy atom. The average molecular weight is 359 g/mol. The molecular weight excluding hydrogens is 348 g/mol. The van der Waals surface area contributed by atoms with Gasteiger partial charge in [0.05, 0.1) is 5.92 Å². The van der Waals surface area contributed by atoms with Crippen LogP contribution in [-0.2, 0) is 10.2 Å². The van der Waals surface area contributed by atoms with Crippen molar-refractivity contribution in [3.63, 3.8) is 0 Å². The van der Waals surface area contributed by atoms with Crippen molar-refractivity contribution in [2.75, 3.05) is 5.32 Å². The Bertz CT molecular complexity index is 823. The van der Waals surface area contributed by atoms with E-state index in [4.69, 9.17) is 0 Å². The first kappa shape index (κ1) is 13.5. The number of nitrogens with zero attached hydrogens (tertiary/aromatic N) is 1. The lowest BCUT2D eigenvalue weighted by atomic mass is 9.92. The SMILES string of the molecule is O=C1Nc2ccccc2[C@]12[C@@H]([N+](=O)[O-])[C@@H]2c1ccccc1Br. The van der Waals surface area contributed by atoms with E-state index in [2.05, 4.69) is 21.2 Å². The minimum Gasteiger partial charge on any atom is -0.325 e. The summed E-state index contributed by atoms with van der Waals surface area (Å²) in [7, 11) is 0. The summed E-state index contributed by atoms with van der Waals surface area (Å²) in [6, 6.07) is 13.7. The first-order chi connectivity index (χ1) is 10.6. The van der Waals surface area contributed by atoms with Gasteiger partial charge in [-0.1, -0.05) is 52.3 Å². The molecule has 0 radical (unpaired) electrons. The Balaban J connectivity index is 1.93. The number of para-hydroxylation sites is 1. The van der Waals surface area contributed by atoms with Crippen molar-refractivity contribution in [3.05, 3.63) is 74.2 Å². The first-order valence-electron chi connectivity index (χ1n) is 6.87. The molecule has 1 aliphatic carbocycles. The maximum atomic E-state index is 12.6. The topological polar surface area (TPSA) is 72.2 Å². The minimum atomic E-state index is -1.09. The van der Waals surface area contributed by atoms with Gasteiger partial charge in [-0.15, -0.1) is 0 Å². The van der Waals surface area contributed by atoms with Gasteiger partial charge in [0, 0.05) is 15.1 Å². The summed E-state index contributed by atoms with van der Waals surface area (Å²) < 4.78 is 0.793. The number of benzene rings is 2. The second-order valence-corrected chi connectivity index (χ2v) is 6.45. The summed E-state index contributed by atoms with van der Waals surface area (Å²) in [4.78, 5) is 23.9. The second kappa shape index (κ2) is 4.39. The van der Waals surface area contributed by atoms with E-state index >= 15 is 0 Å². The standard InChI is InChI=1S/C16H11BrN2O3/c17-11-7-3-1-5-9(11)13-14(19(21)22)16(13)10-6-2-4-8-12(10)18-15(16)20/h1-8,13-14H,(H,18,20)/t13-,14-,16-/m0/s1. The monoisotopic (exact) mass is 358 g/mol. The van der Waals surface area contributed by atoms with Gasteiger partial charge in [0.2, 0.25) is 11.9 Å². The molecule has 6 heteroatoms. The molecule has 1 spiro atoms. The van der Waals surface area contributed by atoms with E-state index in [1.165, 1.54) is 0 Å². The molecule has 1 saturated carbocycles. The van der Waals surface area contributed by atoms with Crippen molar-refractivity contribution in [2.45, 2.75) is 17.4 Å². The van der Waals surface area contributed by atoms with Crippen molar-refractivity contribution < 1.29 is 9.72 Å². The molecule has 1 aliphatic heterocycles. The number of fused-ring (bicyclic) bond motifs is 2. The molecule has 1 fully saturated rings. The molecule has 0 bridgehead atoms. The number of rotatable bonds is 2. The zero-order valence-electron chi connectivity index (χ0n) is 11.3. The third-order valence-corrected chi connectivity index (χ3v) is 5.35. The van der Waals surface area contributed by atoms with Crippen LogP contribution in [0.1, 0.15) is 17.0 Å². The van der Waals surface area contributed by atoms with Crippen LogP contribution >= 0.6 is 15.9 Å². The molecule has 0 saturated heterocycles. The van der Waals surface area contributed by atoms with Crippen LogP contribution in [0.4, 0.5) is 5.69 Å². The number of anilines is 1. The summed E-state index contributed by atoms with van der Waals surface area (Å²) in [6.45, 7) is 0. The zero-order valence-corrected chi connectivity index (χ0v) is 12.9. The zero-order chi connectivity index (χ0) is 15.5. The van der Waals surface area contributed by atoms with Crippen LogP contribution < -0.4 is 5.32 Å². The third kappa shape index (κ3) is 1.50. The lowest BCUT2D eigenvalue weighted by molar-refractivity contribution is -0.499. The normalized spacial score (nSPS) is 28.3. The van der Waals surface area contributed by atoms with Gasteiger partial charge in [0.25, 0.3) is 0 Å². The van der Waals surface area contributed by atoms with E-state index < -0.39 is 17.4 Å². The van der Waals surface area contributed by atoms with Crippen molar-refractivity contribution >= 4 is 27.5 Å². The molecule has 5 nitrogen and oxygen atoms in total. The van der Waals surface area contributed by atoms with Gasteiger partial charge >= 0.3 is 0 Å². The highest BCUT2D eigenvalue weighted by molar-refractivity contribution is 9.10. The molecule has 1 N–H and O–H groups in total. The number of carbonyl (C=O) groups excluding carboxylic acids is 1. The maximum absolute atomic E-state index is 12.6. The predicted octanol–water partition coefficient (Wildman–Crippen LogP) is 3.08. The Morgan fingerprint density at radius 2 is 1.82 bits per heavy atom. The van der Waals surface area contributed by atoms with E-state index in [-0.39, 0.29) is 10.8 Å². The molecule has 110 valence electrons. The van der Waals surface area contributed by atoms with Gasteiger partial charge in [-0.05, 0) is 23.3 Å². The van der Waals surface area contributed by atoms with E-state index in [1.54, 1.807) is 12.1 Å². The van der Waals surface area contributed by atoms with E-state index in [1.807, 2.05) is 36.4 Å². The van der Waals surface area contributed by atoms with Gasteiger partial charge in [0.1, 0.15) is 0 Å². The highest BCUT2D eigenvalue weighted by atomic mass is 79.9. The van der Waals surface area contributed by atoms with Crippen LogP contribution in [-0.4, -0.2) is 16.9 Å². The smallest absolute Gasteiger partial charge is 0.243 e. The molecule has 2 aromatic carbocycles. The van der Waals surface area contributed by atoms with E-state index in [9.17, 15) is 14.9 Å². The molecule has 0 unspecified atom stereocenters. The average Bonchev–Trinajstić information content (AvgIpc) is 3.10. The second-order valence-electron chi connectivity index (χ2n) is 5.60. The van der Waals surface area contributed by atoms with Crippen LogP contribution in [0.5, 0.6) is 0 Å². The fourth-order valence-electron chi connectivity index (χ4n) is 3.70. The van der Waals surface area contributed by atoms with E-state index in [0.717, 1.165) is 15.6 Å². The predicted molar refractivity (Wildman–Crippen MR) is 84.4 cm³/mol. The lowest BCUT2D eigenvalue weighted by Crippen LogP contribution is -2.26. The molecule has 1 amide bonds. The van der Waals surface area contributed by atoms with Crippen LogP contribution in [0.25, 0.3) is 0 Å². The summed E-state index contributed by atoms with van der Waals surface area (Å²) in [5.41, 5.74) is 1.11. The van der Waals surface area contributed by atoms with Crippen molar-refractivity contribution in [1.82, 2.24) is 0 Å². The Labute approximate surface area is 134 Å². The Morgan fingerprint density at radius 3 is 2.55 bits per heavy atom. The highest BCUT2D eigenvalue weighted by Crippen LogP contribution is 2.66. The minimum absolute atomic E-state index is 0.281. The van der Waals surface area contributed by atoms with Crippen molar-refractivity contribution in [1.29, 1.82) is 0 Å². The number of hydrogen-bond donors (Lipinski definition) is 1. The molecule has 3 atom stereocenters. The highest BCUT2D eigenvalue weighted by Gasteiger charge is 2.81. The quantitative estimate of drug-likeness (QED) is 0.662. The third-order valence-electron chi connectivity index (χ3n) is 4.63. The summed E-state index contributed by atoms with van der Waals surface area (Å²) in [5, 5.41) is 14.4. The number of amides is 1. The first-order valence-corrected chi connectivity index (χ1v) is 7.66. The number of halogens is 1. The number of nitrogens with one attached hydrogen (secondary N) is 1. The van der Waals surface area contributed by atoms with Gasteiger partial charge in [-0.3, -0.25) is 14.9 Å².